The molecule has 3 rings (SSSR count). The molecule has 0 fully saturated rings. The predicted molar refractivity (Wildman–Crippen MR) is 84.9 cm³/mol. The minimum atomic E-state index is -3.63. The fourth-order valence-corrected chi connectivity index (χ4v) is 3.67. The van der Waals surface area contributed by atoms with Gasteiger partial charge in [-0.05, 0) is 42.5 Å². The summed E-state index contributed by atoms with van der Waals surface area (Å²) in [7, 11) is -1.82. The highest BCUT2D eigenvalue weighted by Gasteiger charge is 2.19. The number of benzene rings is 2. The number of fused-ring (bicyclic) bond motifs is 1. The van der Waals surface area contributed by atoms with E-state index in [1.165, 1.54) is 16.1 Å². The van der Waals surface area contributed by atoms with Gasteiger partial charge in [-0.3, -0.25) is 0 Å². The molecule has 108 valence electrons. The summed E-state index contributed by atoms with van der Waals surface area (Å²) in [5.41, 5.74) is 7.66. The fraction of sp³-hybridized carbons (Fsp3) is 0.0667. The lowest BCUT2D eigenvalue weighted by Gasteiger charge is -2.09. The Kier molecular flexibility index (Phi) is 3.10. The molecule has 3 N–H and O–H groups in total. The van der Waals surface area contributed by atoms with Crippen LogP contribution in [0.15, 0.2) is 59.6 Å². The highest BCUT2D eigenvalue weighted by molar-refractivity contribution is 7.90. The third-order valence-electron chi connectivity index (χ3n) is 3.40. The van der Waals surface area contributed by atoms with Crippen molar-refractivity contribution in [2.45, 2.75) is 4.90 Å². The van der Waals surface area contributed by atoms with E-state index < -0.39 is 10.0 Å². The number of aromatic nitrogens is 1. The Balaban J connectivity index is 2.22. The number of nitrogen functional groups attached to an aromatic ring is 1. The molecule has 5 nitrogen and oxygen atoms in total. The molecule has 0 unspecified atom stereocenters. The zero-order chi connectivity index (χ0) is 15.0. The first-order chi connectivity index (χ1) is 10.0. The first-order valence-corrected chi connectivity index (χ1v) is 7.87. The SMILES string of the molecule is CNc1cccc2c1ccn2S(=O)(=O)c1ccc(N)cc1. The van der Waals surface area contributed by atoms with Crippen LogP contribution in [0, 0.1) is 0 Å². The predicted octanol–water partition coefficient (Wildman–Crippen LogP) is 2.50. The van der Waals surface area contributed by atoms with Crippen molar-refractivity contribution in [3.05, 3.63) is 54.7 Å². The minimum Gasteiger partial charge on any atom is -0.399 e. The summed E-state index contributed by atoms with van der Waals surface area (Å²) in [6.45, 7) is 0. The van der Waals surface area contributed by atoms with Gasteiger partial charge in [0.15, 0.2) is 0 Å². The Bertz CT molecular complexity index is 896. The maximum absolute atomic E-state index is 12.7. The molecule has 6 heteroatoms. The minimum absolute atomic E-state index is 0.212. The zero-order valence-corrected chi connectivity index (χ0v) is 12.3. The van der Waals surface area contributed by atoms with Crippen LogP contribution in [0.3, 0.4) is 0 Å². The summed E-state index contributed by atoms with van der Waals surface area (Å²) < 4.78 is 26.7. The molecule has 0 aliphatic carbocycles. The van der Waals surface area contributed by atoms with Crippen LogP contribution in [-0.4, -0.2) is 19.4 Å². The lowest BCUT2D eigenvalue weighted by atomic mass is 10.2. The molecular weight excluding hydrogens is 286 g/mol. The average molecular weight is 301 g/mol. The third-order valence-corrected chi connectivity index (χ3v) is 5.11. The van der Waals surface area contributed by atoms with Gasteiger partial charge in [0.25, 0.3) is 10.0 Å². The maximum atomic E-state index is 12.7. The number of hydrogen-bond donors (Lipinski definition) is 2. The standard InChI is InChI=1S/C15H15N3O2S/c1-17-14-3-2-4-15-13(14)9-10-18(15)21(19,20)12-7-5-11(16)6-8-12/h2-10,17H,16H2,1H3. The summed E-state index contributed by atoms with van der Waals surface area (Å²) in [4.78, 5) is 0.212. The molecule has 1 aromatic heterocycles. The highest BCUT2D eigenvalue weighted by Crippen LogP contribution is 2.27. The first kappa shape index (κ1) is 13.5. The van der Waals surface area contributed by atoms with Crippen molar-refractivity contribution in [1.29, 1.82) is 0 Å². The van der Waals surface area contributed by atoms with E-state index in [4.69, 9.17) is 5.73 Å². The molecule has 3 aromatic rings. The van der Waals surface area contributed by atoms with Gasteiger partial charge in [-0.15, -0.1) is 0 Å². The smallest absolute Gasteiger partial charge is 0.268 e. The molecule has 0 radical (unpaired) electrons. The van der Waals surface area contributed by atoms with Crippen LogP contribution < -0.4 is 11.1 Å². The van der Waals surface area contributed by atoms with E-state index >= 15 is 0 Å². The first-order valence-electron chi connectivity index (χ1n) is 6.43. The van der Waals surface area contributed by atoms with E-state index in [0.29, 0.717) is 11.2 Å². The second-order valence-electron chi connectivity index (χ2n) is 4.67. The highest BCUT2D eigenvalue weighted by atomic mass is 32.2. The van der Waals surface area contributed by atoms with E-state index in [1.807, 2.05) is 12.1 Å². The number of nitrogens with one attached hydrogen (secondary N) is 1. The number of nitrogens with zero attached hydrogens (tertiary/aromatic N) is 1. The number of anilines is 2. The van der Waals surface area contributed by atoms with Crippen LogP contribution in [0.4, 0.5) is 11.4 Å². The fourth-order valence-electron chi connectivity index (χ4n) is 2.32. The molecule has 1 heterocycles. The van der Waals surface area contributed by atoms with Crippen molar-refractivity contribution in [2.24, 2.45) is 0 Å². The summed E-state index contributed by atoms with van der Waals surface area (Å²) in [5.74, 6) is 0. The molecule has 0 aliphatic rings. The Labute approximate surface area is 123 Å². The van der Waals surface area contributed by atoms with E-state index in [9.17, 15) is 8.42 Å². The Hall–Kier alpha value is -2.47. The lowest BCUT2D eigenvalue weighted by molar-refractivity contribution is 0.589. The molecule has 0 amide bonds. The van der Waals surface area contributed by atoms with Crippen molar-refractivity contribution < 1.29 is 8.42 Å². The van der Waals surface area contributed by atoms with Crippen molar-refractivity contribution >= 4 is 32.3 Å². The summed E-state index contributed by atoms with van der Waals surface area (Å²) in [5, 5.41) is 3.92. The van der Waals surface area contributed by atoms with Crippen LogP contribution >= 0.6 is 0 Å². The topological polar surface area (TPSA) is 77.1 Å². The normalized spacial score (nSPS) is 11.7. The largest absolute Gasteiger partial charge is 0.399 e. The third kappa shape index (κ3) is 2.13. The molecule has 2 aromatic carbocycles. The van der Waals surface area contributed by atoms with Gasteiger partial charge in [0.2, 0.25) is 0 Å². The molecule has 0 atom stereocenters. The maximum Gasteiger partial charge on any atom is 0.268 e. The average Bonchev–Trinajstić information content (AvgIpc) is 2.92. The quantitative estimate of drug-likeness (QED) is 0.729. The van der Waals surface area contributed by atoms with E-state index in [1.54, 1.807) is 37.5 Å². The van der Waals surface area contributed by atoms with E-state index in [0.717, 1.165) is 11.1 Å². The summed E-state index contributed by atoms with van der Waals surface area (Å²) in [6, 6.07) is 13.5. The van der Waals surface area contributed by atoms with Crippen molar-refractivity contribution in [3.63, 3.8) is 0 Å². The number of rotatable bonds is 3. The van der Waals surface area contributed by atoms with Gasteiger partial charge in [-0.1, -0.05) is 6.07 Å². The van der Waals surface area contributed by atoms with Gasteiger partial charge in [-0.25, -0.2) is 12.4 Å². The number of nitrogens with two attached hydrogens (primary N) is 1. The van der Waals surface area contributed by atoms with Gasteiger partial charge < -0.3 is 11.1 Å². The molecule has 0 saturated carbocycles. The second kappa shape index (κ2) is 4.82. The Morgan fingerprint density at radius 1 is 1.05 bits per heavy atom. The van der Waals surface area contributed by atoms with Crippen LogP contribution in [0.25, 0.3) is 10.9 Å². The molecule has 21 heavy (non-hydrogen) atoms. The lowest BCUT2D eigenvalue weighted by Crippen LogP contribution is -2.11. The molecule has 0 spiro atoms. The zero-order valence-electron chi connectivity index (χ0n) is 11.4. The van der Waals surface area contributed by atoms with Crippen molar-refractivity contribution in [3.8, 4) is 0 Å². The van der Waals surface area contributed by atoms with Gasteiger partial charge in [0, 0.05) is 30.0 Å². The van der Waals surface area contributed by atoms with Gasteiger partial charge in [-0.2, -0.15) is 0 Å². The van der Waals surface area contributed by atoms with Crippen LogP contribution in [0.5, 0.6) is 0 Å². The van der Waals surface area contributed by atoms with E-state index in [2.05, 4.69) is 5.32 Å². The van der Waals surface area contributed by atoms with Crippen molar-refractivity contribution in [1.82, 2.24) is 3.97 Å². The van der Waals surface area contributed by atoms with Gasteiger partial charge in [0.05, 0.1) is 10.4 Å². The van der Waals surface area contributed by atoms with Gasteiger partial charge in [0.1, 0.15) is 0 Å². The molecular formula is C15H15N3O2S. The molecule has 0 aliphatic heterocycles. The Morgan fingerprint density at radius 3 is 2.43 bits per heavy atom. The van der Waals surface area contributed by atoms with E-state index in [-0.39, 0.29) is 4.90 Å². The summed E-state index contributed by atoms with van der Waals surface area (Å²) in [6.07, 6.45) is 1.57. The second-order valence-corrected chi connectivity index (χ2v) is 6.49. The van der Waals surface area contributed by atoms with Crippen LogP contribution in [0.1, 0.15) is 0 Å². The van der Waals surface area contributed by atoms with Crippen LogP contribution in [0.2, 0.25) is 0 Å². The Morgan fingerprint density at radius 2 is 1.76 bits per heavy atom. The number of hydrogen-bond acceptors (Lipinski definition) is 4. The van der Waals surface area contributed by atoms with Crippen molar-refractivity contribution in [2.75, 3.05) is 18.1 Å². The monoisotopic (exact) mass is 301 g/mol. The van der Waals surface area contributed by atoms with Crippen LogP contribution in [-0.2, 0) is 10.0 Å². The molecule has 0 saturated heterocycles. The molecule has 0 bridgehead atoms. The van der Waals surface area contributed by atoms with Gasteiger partial charge >= 0.3 is 0 Å². The summed E-state index contributed by atoms with van der Waals surface area (Å²) >= 11 is 0.